The van der Waals surface area contributed by atoms with Gasteiger partial charge >= 0.3 is 0 Å². The van der Waals surface area contributed by atoms with Crippen LogP contribution in [0.1, 0.15) is 32.6 Å². The van der Waals surface area contributed by atoms with Crippen LogP contribution >= 0.6 is 0 Å². The van der Waals surface area contributed by atoms with E-state index < -0.39 is 5.41 Å². The van der Waals surface area contributed by atoms with Crippen LogP contribution in [-0.2, 0) is 9.59 Å². The molecule has 5 nitrogen and oxygen atoms in total. The Kier molecular flexibility index (Phi) is 5.07. The predicted molar refractivity (Wildman–Crippen MR) is 108 cm³/mol. The molecule has 4 rings (SSSR count). The molecule has 1 atom stereocenters. The first-order valence-corrected chi connectivity index (χ1v) is 10.0. The van der Waals surface area contributed by atoms with Gasteiger partial charge in [-0.1, -0.05) is 25.1 Å². The van der Waals surface area contributed by atoms with Gasteiger partial charge in [0.15, 0.2) is 0 Å². The molecule has 28 heavy (non-hydrogen) atoms. The third-order valence-corrected chi connectivity index (χ3v) is 5.63. The summed E-state index contributed by atoms with van der Waals surface area (Å²) in [7, 11) is 0. The minimum absolute atomic E-state index is 0.000538. The summed E-state index contributed by atoms with van der Waals surface area (Å²) in [5, 5.41) is 2.92. The molecule has 5 heteroatoms. The first kappa shape index (κ1) is 18.5. The van der Waals surface area contributed by atoms with E-state index in [1.165, 1.54) is 0 Å². The Bertz CT molecular complexity index is 844. The maximum atomic E-state index is 13.0. The van der Waals surface area contributed by atoms with E-state index in [9.17, 15) is 9.59 Å². The first-order valence-electron chi connectivity index (χ1n) is 10.0. The van der Waals surface area contributed by atoms with Gasteiger partial charge in [-0.25, -0.2) is 0 Å². The molecule has 0 aromatic heterocycles. The van der Waals surface area contributed by atoms with E-state index >= 15 is 0 Å². The van der Waals surface area contributed by atoms with Crippen LogP contribution < -0.4 is 10.1 Å². The topological polar surface area (TPSA) is 58.6 Å². The smallest absolute Gasteiger partial charge is 0.240 e. The zero-order valence-electron chi connectivity index (χ0n) is 16.2. The number of piperidine rings is 1. The van der Waals surface area contributed by atoms with Crippen molar-refractivity contribution < 1.29 is 14.3 Å². The number of amides is 2. The van der Waals surface area contributed by atoms with E-state index in [1.54, 1.807) is 12.1 Å². The number of likely N-dealkylation sites (tertiary alicyclic amines) is 1. The molecular formula is C23H26N2O3. The molecule has 146 valence electrons. The second-order valence-electron chi connectivity index (χ2n) is 7.97. The summed E-state index contributed by atoms with van der Waals surface area (Å²) < 4.78 is 5.77. The quantitative estimate of drug-likeness (QED) is 0.782. The number of ether oxygens (including phenoxy) is 1. The summed E-state index contributed by atoms with van der Waals surface area (Å²) in [6.07, 6.45) is 3.45. The Hall–Kier alpha value is -2.82. The van der Waals surface area contributed by atoms with Gasteiger partial charge in [-0.15, -0.1) is 0 Å². The van der Waals surface area contributed by atoms with Gasteiger partial charge in [-0.3, -0.25) is 9.59 Å². The molecule has 2 fully saturated rings. The fourth-order valence-corrected chi connectivity index (χ4v) is 3.82. The number of rotatable bonds is 5. The van der Waals surface area contributed by atoms with E-state index in [-0.39, 0.29) is 11.8 Å². The van der Waals surface area contributed by atoms with Crippen LogP contribution in [0.2, 0.25) is 0 Å². The zero-order valence-corrected chi connectivity index (χ0v) is 16.2. The predicted octanol–water partition coefficient (Wildman–Crippen LogP) is 4.46. The van der Waals surface area contributed by atoms with Crippen molar-refractivity contribution in [1.29, 1.82) is 0 Å². The minimum Gasteiger partial charge on any atom is -0.457 e. The van der Waals surface area contributed by atoms with Crippen LogP contribution in [0, 0.1) is 11.3 Å². The summed E-state index contributed by atoms with van der Waals surface area (Å²) in [6.45, 7) is 3.70. The van der Waals surface area contributed by atoms with E-state index in [1.807, 2.05) is 47.4 Å². The Balaban J connectivity index is 1.38. The molecule has 0 radical (unpaired) electrons. The molecule has 0 spiro atoms. The van der Waals surface area contributed by atoms with Crippen molar-refractivity contribution in [2.45, 2.75) is 32.6 Å². The van der Waals surface area contributed by atoms with Gasteiger partial charge in [0, 0.05) is 18.8 Å². The van der Waals surface area contributed by atoms with Gasteiger partial charge in [0.2, 0.25) is 11.8 Å². The number of carbonyl (C=O) groups excluding carboxylic acids is 2. The van der Waals surface area contributed by atoms with Crippen LogP contribution in [0.15, 0.2) is 54.6 Å². The summed E-state index contributed by atoms with van der Waals surface area (Å²) in [4.78, 5) is 27.7. The Morgan fingerprint density at radius 2 is 1.71 bits per heavy atom. The summed E-state index contributed by atoms with van der Waals surface area (Å²) in [5.41, 5.74) is -0.187. The van der Waals surface area contributed by atoms with E-state index in [0.29, 0.717) is 30.2 Å². The third kappa shape index (κ3) is 3.88. The normalized spacial score (nSPS) is 20.3. The first-order chi connectivity index (χ1) is 13.6. The van der Waals surface area contributed by atoms with Crippen molar-refractivity contribution in [2.24, 2.45) is 11.3 Å². The lowest BCUT2D eigenvalue weighted by atomic mass is 9.96. The van der Waals surface area contributed by atoms with Gasteiger partial charge in [0.1, 0.15) is 16.9 Å². The minimum atomic E-state index is -0.865. The van der Waals surface area contributed by atoms with E-state index in [2.05, 4.69) is 12.2 Å². The molecule has 2 amide bonds. The van der Waals surface area contributed by atoms with Crippen LogP contribution in [0.5, 0.6) is 11.5 Å². The number of benzene rings is 2. The number of carbonyl (C=O) groups is 2. The SMILES string of the molecule is CC1CCCN(C(=O)C2(C(=O)Nc3ccc(Oc4ccccc4)cc3)CC2)C1. The molecule has 1 heterocycles. The zero-order chi connectivity index (χ0) is 19.6. The van der Waals surface area contributed by atoms with Crippen LogP contribution in [-0.4, -0.2) is 29.8 Å². The highest BCUT2D eigenvalue weighted by Crippen LogP contribution is 2.48. The fourth-order valence-electron chi connectivity index (χ4n) is 3.82. The lowest BCUT2D eigenvalue weighted by Crippen LogP contribution is -2.46. The fraction of sp³-hybridized carbons (Fsp3) is 0.391. The van der Waals surface area contributed by atoms with Gasteiger partial charge in [0.05, 0.1) is 0 Å². The van der Waals surface area contributed by atoms with Crippen LogP contribution in [0.4, 0.5) is 5.69 Å². The molecule has 1 aliphatic carbocycles. The molecule has 1 saturated carbocycles. The number of hydrogen-bond acceptors (Lipinski definition) is 3. The number of nitrogens with one attached hydrogen (secondary N) is 1. The highest BCUT2D eigenvalue weighted by Gasteiger charge is 2.58. The van der Waals surface area contributed by atoms with Gasteiger partial charge < -0.3 is 15.0 Å². The molecule has 2 aliphatic rings. The second-order valence-corrected chi connectivity index (χ2v) is 7.97. The average molecular weight is 378 g/mol. The molecule has 0 bridgehead atoms. The van der Waals surface area contributed by atoms with Crippen molar-refractivity contribution in [2.75, 3.05) is 18.4 Å². The summed E-state index contributed by atoms with van der Waals surface area (Å²) >= 11 is 0. The molecule has 1 saturated heterocycles. The van der Waals surface area contributed by atoms with Gasteiger partial charge in [0.25, 0.3) is 0 Å². The van der Waals surface area contributed by atoms with Crippen LogP contribution in [0.25, 0.3) is 0 Å². The van der Waals surface area contributed by atoms with Crippen molar-refractivity contribution in [3.05, 3.63) is 54.6 Å². The van der Waals surface area contributed by atoms with E-state index in [0.717, 1.165) is 31.7 Å². The number of nitrogens with zero attached hydrogens (tertiary/aromatic N) is 1. The molecule has 1 N–H and O–H groups in total. The van der Waals surface area contributed by atoms with Crippen LogP contribution in [0.3, 0.4) is 0 Å². The Labute approximate surface area is 165 Å². The Morgan fingerprint density at radius 3 is 2.36 bits per heavy atom. The lowest BCUT2D eigenvalue weighted by molar-refractivity contribution is -0.143. The van der Waals surface area contributed by atoms with Crippen molar-refractivity contribution in [3.63, 3.8) is 0 Å². The lowest BCUT2D eigenvalue weighted by Gasteiger charge is -2.33. The standard InChI is InChI=1S/C23H26N2O3/c1-17-6-5-15-25(16-17)22(27)23(13-14-23)21(26)24-18-9-11-20(12-10-18)28-19-7-3-2-4-8-19/h2-4,7-12,17H,5-6,13-16H2,1H3,(H,24,26). The summed E-state index contributed by atoms with van der Waals surface area (Å²) in [5.74, 6) is 1.78. The molecule has 2 aromatic carbocycles. The largest absolute Gasteiger partial charge is 0.457 e. The number of anilines is 1. The highest BCUT2D eigenvalue weighted by atomic mass is 16.5. The Morgan fingerprint density at radius 1 is 1.04 bits per heavy atom. The van der Waals surface area contributed by atoms with Gasteiger partial charge in [-0.05, 0) is 68.0 Å². The number of hydrogen-bond donors (Lipinski definition) is 1. The maximum Gasteiger partial charge on any atom is 0.240 e. The van der Waals surface area contributed by atoms with Crippen molar-refractivity contribution in [3.8, 4) is 11.5 Å². The van der Waals surface area contributed by atoms with Crippen molar-refractivity contribution >= 4 is 17.5 Å². The van der Waals surface area contributed by atoms with Gasteiger partial charge in [-0.2, -0.15) is 0 Å². The molecule has 1 unspecified atom stereocenters. The average Bonchev–Trinajstić information content (AvgIpc) is 3.52. The summed E-state index contributed by atoms with van der Waals surface area (Å²) in [6, 6.07) is 16.8. The monoisotopic (exact) mass is 378 g/mol. The highest BCUT2D eigenvalue weighted by molar-refractivity contribution is 6.13. The molecule has 1 aliphatic heterocycles. The van der Waals surface area contributed by atoms with E-state index in [4.69, 9.17) is 4.74 Å². The molecular weight excluding hydrogens is 352 g/mol. The second kappa shape index (κ2) is 7.66. The third-order valence-electron chi connectivity index (χ3n) is 5.63. The maximum absolute atomic E-state index is 13.0. The van der Waals surface area contributed by atoms with Crippen molar-refractivity contribution in [1.82, 2.24) is 4.90 Å². The molecule has 2 aromatic rings. The number of para-hydroxylation sites is 1.